The molecule has 0 aliphatic rings. The van der Waals surface area contributed by atoms with Gasteiger partial charge in [-0.1, -0.05) is 11.8 Å². The summed E-state index contributed by atoms with van der Waals surface area (Å²) in [6.07, 6.45) is 4.84. The Hall–Kier alpha value is -2.47. The summed E-state index contributed by atoms with van der Waals surface area (Å²) in [5.74, 6) is -0.467. The number of nitrogens with one attached hydrogen (secondary N) is 1. The zero-order valence-corrected chi connectivity index (χ0v) is 10.6. The number of nitrogens with zero attached hydrogens (tertiary/aromatic N) is 6. The number of aliphatic imine (C=N–C) groups is 1. The lowest BCUT2D eigenvalue weighted by molar-refractivity contribution is 0.607. The first-order valence-electron chi connectivity index (χ1n) is 5.05. The lowest BCUT2D eigenvalue weighted by atomic mass is 10.2. The molecule has 0 radical (unpaired) electrons. The van der Waals surface area contributed by atoms with Crippen LogP contribution in [-0.2, 0) is 0 Å². The van der Waals surface area contributed by atoms with Gasteiger partial charge in [0, 0.05) is 0 Å². The first-order chi connectivity index (χ1) is 9.24. The number of benzene rings is 1. The van der Waals surface area contributed by atoms with Crippen molar-refractivity contribution in [1.29, 1.82) is 5.26 Å². The lowest BCUT2D eigenvalue weighted by Gasteiger charge is -2.04. The van der Waals surface area contributed by atoms with Crippen LogP contribution in [0.15, 0.2) is 29.5 Å². The van der Waals surface area contributed by atoms with E-state index >= 15 is 0 Å². The smallest absolute Gasteiger partial charge is 0.183 e. The molecule has 0 bridgehead atoms. The fraction of sp³-hybridized carbons (Fsp3) is 0.100. The van der Waals surface area contributed by atoms with Crippen molar-refractivity contribution in [1.82, 2.24) is 25.5 Å². The van der Waals surface area contributed by atoms with Gasteiger partial charge in [-0.2, -0.15) is 9.94 Å². The summed E-state index contributed by atoms with van der Waals surface area (Å²) in [5.41, 5.74) is 0.669. The summed E-state index contributed by atoms with van der Waals surface area (Å²) in [7, 11) is 0. The van der Waals surface area contributed by atoms with E-state index in [-0.39, 0.29) is 5.69 Å². The van der Waals surface area contributed by atoms with Gasteiger partial charge < -0.3 is 0 Å². The quantitative estimate of drug-likeness (QED) is 0.384. The van der Waals surface area contributed by atoms with E-state index in [2.05, 4.69) is 25.8 Å². The Balaban J connectivity index is 2.39. The predicted octanol–water partition coefficient (Wildman–Crippen LogP) is 1.22. The lowest BCUT2D eigenvalue weighted by Crippen LogP contribution is -2.12. The minimum absolute atomic E-state index is 0.184. The second kappa shape index (κ2) is 5.92. The van der Waals surface area contributed by atoms with Crippen LogP contribution < -0.4 is 5.32 Å². The van der Waals surface area contributed by atoms with Crippen molar-refractivity contribution in [2.24, 2.45) is 4.99 Å². The van der Waals surface area contributed by atoms with Gasteiger partial charge in [-0.3, -0.25) is 5.32 Å². The van der Waals surface area contributed by atoms with Crippen LogP contribution >= 0.6 is 11.8 Å². The highest BCUT2D eigenvalue weighted by Gasteiger charge is 2.07. The summed E-state index contributed by atoms with van der Waals surface area (Å²) < 4.78 is 14.9. The third kappa shape index (κ3) is 3.05. The van der Waals surface area contributed by atoms with Gasteiger partial charge in [0.25, 0.3) is 0 Å². The molecule has 1 aromatic carbocycles. The fourth-order valence-electron chi connectivity index (χ4n) is 1.31. The highest BCUT2D eigenvalue weighted by molar-refractivity contribution is 8.13. The van der Waals surface area contributed by atoms with E-state index < -0.39 is 5.82 Å². The number of amidine groups is 1. The van der Waals surface area contributed by atoms with Crippen LogP contribution in [-0.4, -0.2) is 31.6 Å². The van der Waals surface area contributed by atoms with Crippen molar-refractivity contribution in [3.8, 4) is 11.9 Å². The molecule has 0 atom stereocenters. The van der Waals surface area contributed by atoms with E-state index in [1.54, 1.807) is 12.4 Å². The summed E-state index contributed by atoms with van der Waals surface area (Å²) in [5, 5.41) is 21.9. The molecule has 0 fully saturated rings. The molecule has 96 valence electrons. The molecule has 1 heterocycles. The Bertz CT molecular complexity index is 632. The van der Waals surface area contributed by atoms with Gasteiger partial charge in [-0.25, -0.2) is 9.38 Å². The Morgan fingerprint density at radius 3 is 3.05 bits per heavy atom. The molecule has 2 rings (SSSR count). The minimum atomic E-state index is -0.467. The van der Waals surface area contributed by atoms with Gasteiger partial charge in [0.2, 0.25) is 0 Å². The van der Waals surface area contributed by atoms with Gasteiger partial charge >= 0.3 is 0 Å². The zero-order chi connectivity index (χ0) is 13.7. The van der Waals surface area contributed by atoms with Crippen LogP contribution in [0, 0.1) is 17.3 Å². The standard InChI is InChI=1S/C10H8FN7S/c1-19-10(13-5-12)15-7-2-3-8(11)9(4-7)18-6-14-16-17-18/h2-4,6H,1H3,(H,13,15). The monoisotopic (exact) mass is 277 g/mol. The molecule has 0 amide bonds. The Morgan fingerprint density at radius 2 is 2.42 bits per heavy atom. The molecule has 0 aliphatic heterocycles. The topological polar surface area (TPSA) is 91.8 Å². The van der Waals surface area contributed by atoms with Crippen LogP contribution in [0.25, 0.3) is 5.69 Å². The Labute approximate surface area is 112 Å². The van der Waals surface area contributed by atoms with Crippen molar-refractivity contribution >= 4 is 22.6 Å². The van der Waals surface area contributed by atoms with E-state index in [9.17, 15) is 4.39 Å². The molecule has 9 heteroatoms. The van der Waals surface area contributed by atoms with Gasteiger partial charge in [-0.05, 0) is 34.9 Å². The van der Waals surface area contributed by atoms with Gasteiger partial charge in [0.05, 0.1) is 5.69 Å². The molecule has 0 unspecified atom stereocenters. The molecule has 2 aromatic rings. The molecule has 0 saturated carbocycles. The Morgan fingerprint density at radius 1 is 1.58 bits per heavy atom. The number of hydrogen-bond donors (Lipinski definition) is 1. The van der Waals surface area contributed by atoms with Crippen molar-refractivity contribution < 1.29 is 4.39 Å². The van der Waals surface area contributed by atoms with Gasteiger partial charge in [-0.15, -0.1) is 5.10 Å². The van der Waals surface area contributed by atoms with Crippen molar-refractivity contribution in [3.63, 3.8) is 0 Å². The highest BCUT2D eigenvalue weighted by atomic mass is 32.2. The van der Waals surface area contributed by atoms with E-state index in [1.165, 1.54) is 41.0 Å². The number of halogens is 1. The SMILES string of the molecule is CSC(=Nc1ccc(F)c(-n2cnnn2)c1)NC#N. The molecule has 0 aliphatic carbocycles. The number of thioether (sulfide) groups is 1. The van der Waals surface area contributed by atoms with Crippen molar-refractivity contribution in [2.45, 2.75) is 0 Å². The Kier molecular flexibility index (Phi) is 4.04. The molecule has 1 aromatic heterocycles. The summed E-state index contributed by atoms with van der Waals surface area (Å²) in [6, 6.07) is 4.25. The maximum absolute atomic E-state index is 13.7. The average Bonchev–Trinajstić information content (AvgIpc) is 2.94. The average molecular weight is 277 g/mol. The van der Waals surface area contributed by atoms with E-state index in [1.807, 2.05) is 0 Å². The normalized spacial score (nSPS) is 11.1. The van der Waals surface area contributed by atoms with Crippen LogP contribution in [0.5, 0.6) is 0 Å². The van der Waals surface area contributed by atoms with Crippen molar-refractivity contribution in [2.75, 3.05) is 6.26 Å². The summed E-state index contributed by atoms with van der Waals surface area (Å²) in [6.45, 7) is 0. The van der Waals surface area contributed by atoms with Crippen LogP contribution in [0.3, 0.4) is 0 Å². The fourth-order valence-corrected chi connectivity index (χ4v) is 1.65. The zero-order valence-electron chi connectivity index (χ0n) is 9.78. The summed E-state index contributed by atoms with van der Waals surface area (Å²) in [4.78, 5) is 4.18. The minimum Gasteiger partial charge on any atom is -0.271 e. The molecular weight excluding hydrogens is 269 g/mol. The molecule has 19 heavy (non-hydrogen) atoms. The third-order valence-electron chi connectivity index (χ3n) is 2.11. The third-order valence-corrected chi connectivity index (χ3v) is 2.69. The molecule has 0 saturated heterocycles. The summed E-state index contributed by atoms with van der Waals surface area (Å²) >= 11 is 1.27. The van der Waals surface area contributed by atoms with Crippen molar-refractivity contribution in [3.05, 3.63) is 30.3 Å². The number of aromatic nitrogens is 4. The van der Waals surface area contributed by atoms with Crippen LogP contribution in [0.2, 0.25) is 0 Å². The predicted molar refractivity (Wildman–Crippen MR) is 68.5 cm³/mol. The van der Waals surface area contributed by atoms with Gasteiger partial charge in [0.1, 0.15) is 17.8 Å². The highest BCUT2D eigenvalue weighted by Crippen LogP contribution is 2.20. The number of hydrogen-bond acceptors (Lipinski definition) is 6. The van der Waals surface area contributed by atoms with E-state index in [0.717, 1.165) is 0 Å². The molecular formula is C10H8FN7S. The van der Waals surface area contributed by atoms with E-state index in [0.29, 0.717) is 10.9 Å². The molecule has 7 nitrogen and oxygen atoms in total. The van der Waals surface area contributed by atoms with E-state index in [4.69, 9.17) is 5.26 Å². The van der Waals surface area contributed by atoms with Crippen LogP contribution in [0.1, 0.15) is 0 Å². The first-order valence-corrected chi connectivity index (χ1v) is 6.27. The second-order valence-corrected chi connectivity index (χ2v) is 4.04. The molecule has 0 spiro atoms. The number of rotatable bonds is 2. The maximum Gasteiger partial charge on any atom is 0.183 e. The number of nitriles is 1. The second-order valence-electron chi connectivity index (χ2n) is 3.25. The van der Waals surface area contributed by atoms with Crippen LogP contribution in [0.4, 0.5) is 10.1 Å². The van der Waals surface area contributed by atoms with Gasteiger partial charge in [0.15, 0.2) is 11.4 Å². The maximum atomic E-state index is 13.7. The molecule has 1 N–H and O–H groups in total. The largest absolute Gasteiger partial charge is 0.271 e. The first kappa shape index (κ1) is 13.0. The number of tetrazole rings is 1.